The molecule has 0 N–H and O–H groups in total. The molecule has 0 aliphatic carbocycles. The number of rotatable bonds is 8. The summed E-state index contributed by atoms with van der Waals surface area (Å²) in [6.45, 7) is 5.28. The standard InChI is InChI=1S/C18H19NO6S/c1-4-9-25-16-12(7-6-8-13(16)23-3)10-14-17(21)19(18(22)26-14)11-15(20)24-5-2/h4,6-8,10H,1,5,9,11H2,2-3H3/b14-10-. The van der Waals surface area contributed by atoms with Gasteiger partial charge in [0.1, 0.15) is 13.2 Å². The van der Waals surface area contributed by atoms with Crippen molar-refractivity contribution in [1.82, 2.24) is 4.90 Å². The van der Waals surface area contributed by atoms with E-state index in [2.05, 4.69) is 6.58 Å². The molecule has 0 bridgehead atoms. The Morgan fingerprint density at radius 1 is 1.35 bits per heavy atom. The molecular weight excluding hydrogens is 358 g/mol. The predicted octanol–water partition coefficient (Wildman–Crippen LogP) is 2.86. The average Bonchev–Trinajstić information content (AvgIpc) is 2.88. The van der Waals surface area contributed by atoms with E-state index in [4.69, 9.17) is 14.2 Å². The highest BCUT2D eigenvalue weighted by Crippen LogP contribution is 2.37. The molecule has 2 amide bonds. The van der Waals surface area contributed by atoms with Gasteiger partial charge in [0.2, 0.25) is 0 Å². The Kier molecular flexibility index (Phi) is 6.85. The number of para-hydroxylation sites is 1. The molecule has 0 aromatic heterocycles. The van der Waals surface area contributed by atoms with Crippen molar-refractivity contribution in [2.45, 2.75) is 6.92 Å². The zero-order valence-corrected chi connectivity index (χ0v) is 15.3. The van der Waals surface area contributed by atoms with Gasteiger partial charge in [0.05, 0.1) is 18.6 Å². The lowest BCUT2D eigenvalue weighted by atomic mass is 10.1. The topological polar surface area (TPSA) is 82.1 Å². The van der Waals surface area contributed by atoms with Crippen LogP contribution in [-0.4, -0.2) is 48.9 Å². The monoisotopic (exact) mass is 377 g/mol. The van der Waals surface area contributed by atoms with Gasteiger partial charge in [-0.1, -0.05) is 24.8 Å². The van der Waals surface area contributed by atoms with Gasteiger partial charge >= 0.3 is 5.97 Å². The van der Waals surface area contributed by atoms with E-state index in [1.54, 1.807) is 31.2 Å². The van der Waals surface area contributed by atoms with Crippen LogP contribution in [0.2, 0.25) is 0 Å². The van der Waals surface area contributed by atoms with Gasteiger partial charge in [-0.2, -0.15) is 0 Å². The van der Waals surface area contributed by atoms with Crippen molar-refractivity contribution in [2.24, 2.45) is 0 Å². The molecule has 0 unspecified atom stereocenters. The molecule has 8 heteroatoms. The molecule has 1 aromatic carbocycles. The number of amides is 2. The fraction of sp³-hybridized carbons (Fsp3) is 0.278. The van der Waals surface area contributed by atoms with Gasteiger partial charge in [-0.15, -0.1) is 0 Å². The normalized spacial score (nSPS) is 15.3. The molecule has 2 rings (SSSR count). The van der Waals surface area contributed by atoms with Gasteiger partial charge < -0.3 is 14.2 Å². The van der Waals surface area contributed by atoms with Crippen LogP contribution in [0.1, 0.15) is 12.5 Å². The maximum absolute atomic E-state index is 12.5. The second-order valence-corrected chi connectivity index (χ2v) is 6.04. The minimum Gasteiger partial charge on any atom is -0.493 e. The van der Waals surface area contributed by atoms with E-state index >= 15 is 0 Å². The van der Waals surface area contributed by atoms with Crippen LogP contribution in [0, 0.1) is 0 Å². The molecule has 1 aliphatic rings. The van der Waals surface area contributed by atoms with Crippen LogP contribution in [0.4, 0.5) is 4.79 Å². The first-order valence-corrected chi connectivity index (χ1v) is 8.65. The number of hydrogen-bond donors (Lipinski definition) is 0. The minimum absolute atomic E-state index is 0.179. The average molecular weight is 377 g/mol. The lowest BCUT2D eigenvalue weighted by Crippen LogP contribution is -2.34. The fourth-order valence-electron chi connectivity index (χ4n) is 2.22. The van der Waals surface area contributed by atoms with Crippen molar-refractivity contribution >= 4 is 35.0 Å². The summed E-state index contributed by atoms with van der Waals surface area (Å²) < 4.78 is 15.7. The number of ether oxygens (including phenoxy) is 3. The number of imide groups is 1. The van der Waals surface area contributed by atoms with Gasteiger partial charge in [0.15, 0.2) is 11.5 Å². The number of benzene rings is 1. The summed E-state index contributed by atoms with van der Waals surface area (Å²) in [7, 11) is 1.51. The SMILES string of the molecule is C=CCOc1c(/C=C2\SC(=O)N(CC(=O)OCC)C2=O)cccc1OC. The third-order valence-electron chi connectivity index (χ3n) is 3.33. The largest absolute Gasteiger partial charge is 0.493 e. The van der Waals surface area contributed by atoms with E-state index in [1.807, 2.05) is 0 Å². The highest BCUT2D eigenvalue weighted by Gasteiger charge is 2.36. The van der Waals surface area contributed by atoms with Gasteiger partial charge in [0, 0.05) is 5.56 Å². The summed E-state index contributed by atoms with van der Waals surface area (Å²) in [4.78, 5) is 37.1. The zero-order chi connectivity index (χ0) is 19.1. The van der Waals surface area contributed by atoms with Crippen molar-refractivity contribution in [3.05, 3.63) is 41.3 Å². The van der Waals surface area contributed by atoms with Crippen LogP contribution >= 0.6 is 11.8 Å². The number of nitrogens with zero attached hydrogens (tertiary/aromatic N) is 1. The molecular formula is C18H19NO6S. The van der Waals surface area contributed by atoms with Gasteiger partial charge in [-0.05, 0) is 30.8 Å². The summed E-state index contributed by atoms with van der Waals surface area (Å²) in [5.41, 5.74) is 0.577. The van der Waals surface area contributed by atoms with Crippen LogP contribution in [0.3, 0.4) is 0 Å². The van der Waals surface area contributed by atoms with Crippen molar-refractivity contribution in [2.75, 3.05) is 26.9 Å². The van der Waals surface area contributed by atoms with Crippen LogP contribution in [-0.2, 0) is 14.3 Å². The van der Waals surface area contributed by atoms with Crippen molar-refractivity contribution < 1.29 is 28.6 Å². The maximum atomic E-state index is 12.5. The molecule has 138 valence electrons. The van der Waals surface area contributed by atoms with Crippen LogP contribution in [0.25, 0.3) is 6.08 Å². The first kappa shape index (κ1) is 19.6. The molecule has 1 heterocycles. The van der Waals surface area contributed by atoms with Crippen molar-refractivity contribution in [3.63, 3.8) is 0 Å². The number of esters is 1. The Morgan fingerprint density at radius 2 is 2.12 bits per heavy atom. The molecule has 0 atom stereocenters. The van der Waals surface area contributed by atoms with Crippen LogP contribution in [0.5, 0.6) is 11.5 Å². The molecule has 1 saturated heterocycles. The molecule has 1 fully saturated rings. The smallest absolute Gasteiger partial charge is 0.326 e. The van der Waals surface area contributed by atoms with E-state index in [0.717, 1.165) is 16.7 Å². The van der Waals surface area contributed by atoms with Gasteiger partial charge in [-0.3, -0.25) is 19.3 Å². The number of carbonyl (C=O) groups is 3. The molecule has 0 radical (unpaired) electrons. The first-order valence-electron chi connectivity index (χ1n) is 7.83. The van der Waals surface area contributed by atoms with Crippen molar-refractivity contribution in [3.8, 4) is 11.5 Å². The molecule has 1 aromatic rings. The Morgan fingerprint density at radius 3 is 2.77 bits per heavy atom. The summed E-state index contributed by atoms with van der Waals surface area (Å²) in [6, 6.07) is 5.21. The molecule has 7 nitrogen and oxygen atoms in total. The molecule has 26 heavy (non-hydrogen) atoms. The molecule has 0 saturated carbocycles. The van der Waals surface area contributed by atoms with E-state index < -0.39 is 23.7 Å². The maximum Gasteiger partial charge on any atom is 0.326 e. The lowest BCUT2D eigenvalue weighted by molar-refractivity contribution is -0.145. The third kappa shape index (κ3) is 4.45. The van der Waals surface area contributed by atoms with Crippen LogP contribution in [0.15, 0.2) is 35.8 Å². The van der Waals surface area contributed by atoms with Crippen LogP contribution < -0.4 is 9.47 Å². The fourth-order valence-corrected chi connectivity index (χ4v) is 3.05. The Labute approximate surface area is 155 Å². The number of thioether (sulfide) groups is 1. The second-order valence-electron chi connectivity index (χ2n) is 5.05. The molecule has 0 spiro atoms. The van der Waals surface area contributed by atoms with E-state index in [9.17, 15) is 14.4 Å². The number of carbonyl (C=O) groups excluding carboxylic acids is 3. The first-order chi connectivity index (χ1) is 12.5. The predicted molar refractivity (Wildman–Crippen MR) is 98.0 cm³/mol. The van der Waals surface area contributed by atoms with E-state index in [0.29, 0.717) is 17.1 Å². The Hall–Kier alpha value is -2.74. The number of hydrogen-bond acceptors (Lipinski definition) is 7. The quantitative estimate of drug-likeness (QED) is 0.391. The highest BCUT2D eigenvalue weighted by atomic mass is 32.2. The third-order valence-corrected chi connectivity index (χ3v) is 4.23. The second kappa shape index (κ2) is 9.10. The Bertz CT molecular complexity index is 758. The summed E-state index contributed by atoms with van der Waals surface area (Å²) in [5.74, 6) is -0.253. The van der Waals surface area contributed by atoms with Gasteiger partial charge in [-0.25, -0.2) is 0 Å². The van der Waals surface area contributed by atoms with Gasteiger partial charge in [0.25, 0.3) is 11.1 Å². The summed E-state index contributed by atoms with van der Waals surface area (Å²) in [5, 5.41) is -0.522. The number of methoxy groups -OCH3 is 1. The van der Waals surface area contributed by atoms with E-state index in [-0.39, 0.29) is 18.1 Å². The van der Waals surface area contributed by atoms with E-state index in [1.165, 1.54) is 13.2 Å². The summed E-state index contributed by atoms with van der Waals surface area (Å²) in [6.07, 6.45) is 3.13. The highest BCUT2D eigenvalue weighted by molar-refractivity contribution is 8.18. The Balaban J connectivity index is 2.30. The summed E-state index contributed by atoms with van der Waals surface area (Å²) >= 11 is 0.757. The van der Waals surface area contributed by atoms with Crippen molar-refractivity contribution in [1.29, 1.82) is 0 Å². The minimum atomic E-state index is -0.632. The lowest BCUT2D eigenvalue weighted by Gasteiger charge is -2.12. The zero-order valence-electron chi connectivity index (χ0n) is 14.5. The molecule has 1 aliphatic heterocycles.